The van der Waals surface area contributed by atoms with Gasteiger partial charge in [0.2, 0.25) is 0 Å². The van der Waals surface area contributed by atoms with Crippen LogP contribution in [0, 0.1) is 36.5 Å². The minimum absolute atomic E-state index is 0.0488. The molecule has 0 atom stereocenters. The van der Waals surface area contributed by atoms with Gasteiger partial charge in [-0.1, -0.05) is 105 Å². The van der Waals surface area contributed by atoms with Crippen LogP contribution in [-0.4, -0.2) is 9.97 Å². The van der Waals surface area contributed by atoms with Crippen molar-refractivity contribution in [3.8, 4) is 56.9 Å². The summed E-state index contributed by atoms with van der Waals surface area (Å²) >= 11 is 0. The lowest BCUT2D eigenvalue weighted by atomic mass is 9.73. The van der Waals surface area contributed by atoms with Crippen molar-refractivity contribution in [1.29, 1.82) is 10.5 Å². The van der Waals surface area contributed by atoms with Crippen molar-refractivity contribution in [2.24, 2.45) is 0 Å². The molecule has 0 saturated heterocycles. The van der Waals surface area contributed by atoms with Crippen molar-refractivity contribution in [1.82, 2.24) is 9.97 Å². The molecule has 236 valence electrons. The highest BCUT2D eigenvalue weighted by Crippen LogP contribution is 2.53. The Balaban J connectivity index is 1.14. The number of anilines is 3. The van der Waals surface area contributed by atoms with Crippen LogP contribution < -0.4 is 4.90 Å². The predicted octanol–water partition coefficient (Wildman–Crippen LogP) is 11.1. The molecule has 7 aromatic rings. The SMILES string of the molecule is Cc1cc(-c2ccc3cccc4c3c2-c2nc(C#N)c(C#N)nc2-4)ccc1-c1ccc(N2c3ccccc3C(C)(C)c3ccccc32)cc1C. The number of rotatable bonds is 3. The highest BCUT2D eigenvalue weighted by molar-refractivity contribution is 6.17. The Kier molecular flexibility index (Phi) is 6.34. The summed E-state index contributed by atoms with van der Waals surface area (Å²) in [6.45, 7) is 8.99. The molecule has 0 N–H and O–H groups in total. The minimum Gasteiger partial charge on any atom is -0.310 e. The van der Waals surface area contributed by atoms with Crippen LogP contribution in [0.15, 0.2) is 115 Å². The van der Waals surface area contributed by atoms with E-state index in [0.29, 0.717) is 11.4 Å². The first kappa shape index (κ1) is 29.6. The van der Waals surface area contributed by atoms with E-state index in [1.54, 1.807) is 0 Å². The molecule has 9 rings (SSSR count). The molecule has 6 aromatic carbocycles. The maximum atomic E-state index is 9.77. The van der Waals surface area contributed by atoms with E-state index in [1.165, 1.54) is 39.2 Å². The van der Waals surface area contributed by atoms with Gasteiger partial charge in [0.1, 0.15) is 12.1 Å². The molecule has 2 aliphatic rings. The van der Waals surface area contributed by atoms with Crippen LogP contribution in [0.25, 0.3) is 55.5 Å². The van der Waals surface area contributed by atoms with Gasteiger partial charge >= 0.3 is 0 Å². The largest absolute Gasteiger partial charge is 0.310 e. The summed E-state index contributed by atoms with van der Waals surface area (Å²) in [6.07, 6.45) is 0. The zero-order valence-corrected chi connectivity index (χ0v) is 28.2. The van der Waals surface area contributed by atoms with Crippen molar-refractivity contribution < 1.29 is 0 Å². The lowest BCUT2D eigenvalue weighted by molar-refractivity contribution is 0.632. The molecule has 50 heavy (non-hydrogen) atoms. The second-order valence-corrected chi connectivity index (χ2v) is 13.8. The molecule has 0 fully saturated rings. The molecule has 1 aliphatic carbocycles. The van der Waals surface area contributed by atoms with Gasteiger partial charge in [-0.15, -0.1) is 0 Å². The molecule has 1 aliphatic heterocycles. The van der Waals surface area contributed by atoms with E-state index in [4.69, 9.17) is 4.98 Å². The molecule has 2 heterocycles. The van der Waals surface area contributed by atoms with Crippen LogP contribution in [0.5, 0.6) is 0 Å². The third kappa shape index (κ3) is 4.11. The topological polar surface area (TPSA) is 76.6 Å². The van der Waals surface area contributed by atoms with Crippen molar-refractivity contribution in [3.05, 3.63) is 149 Å². The fraction of sp³-hybridized carbons (Fsp3) is 0.111. The molecule has 0 bridgehead atoms. The van der Waals surface area contributed by atoms with Gasteiger partial charge < -0.3 is 4.90 Å². The predicted molar refractivity (Wildman–Crippen MR) is 201 cm³/mol. The third-order valence-electron chi connectivity index (χ3n) is 10.6. The number of para-hydroxylation sites is 2. The normalized spacial score (nSPS) is 13.3. The fourth-order valence-electron chi connectivity index (χ4n) is 8.19. The van der Waals surface area contributed by atoms with Gasteiger partial charge in [0, 0.05) is 27.6 Å². The van der Waals surface area contributed by atoms with E-state index < -0.39 is 0 Å². The summed E-state index contributed by atoms with van der Waals surface area (Å²) in [7, 11) is 0. The Morgan fingerprint density at radius 1 is 0.580 bits per heavy atom. The summed E-state index contributed by atoms with van der Waals surface area (Å²) in [5, 5.41) is 21.6. The third-order valence-corrected chi connectivity index (χ3v) is 10.6. The molecule has 0 spiro atoms. The zero-order valence-electron chi connectivity index (χ0n) is 28.2. The summed E-state index contributed by atoms with van der Waals surface area (Å²) in [6, 6.07) is 45.4. The maximum absolute atomic E-state index is 9.77. The quantitative estimate of drug-likeness (QED) is 0.192. The highest BCUT2D eigenvalue weighted by Gasteiger charge is 2.36. The first-order valence-electron chi connectivity index (χ1n) is 16.8. The number of nitrogens with zero attached hydrogens (tertiary/aromatic N) is 5. The van der Waals surface area contributed by atoms with Gasteiger partial charge in [-0.05, 0) is 88.0 Å². The van der Waals surface area contributed by atoms with Gasteiger partial charge in [0.25, 0.3) is 0 Å². The Hall–Kier alpha value is -6.56. The van der Waals surface area contributed by atoms with Crippen LogP contribution in [-0.2, 0) is 5.41 Å². The number of nitriles is 2. The second kappa shape index (κ2) is 10.7. The van der Waals surface area contributed by atoms with Crippen molar-refractivity contribution in [2.75, 3.05) is 4.90 Å². The number of benzene rings is 6. The second-order valence-electron chi connectivity index (χ2n) is 13.8. The average Bonchev–Trinajstić information content (AvgIpc) is 3.46. The molecular weight excluding hydrogens is 611 g/mol. The zero-order chi connectivity index (χ0) is 34.3. The smallest absolute Gasteiger partial charge is 0.177 e. The molecule has 1 aromatic heterocycles. The molecule has 0 unspecified atom stereocenters. The standard InChI is InChI=1S/C45H31N5/c1-26-22-29(33-20-16-28-10-9-11-34-41(28)42(33)44-43(34)48-37(24-46)38(25-47)49-44)17-19-31(26)32-21-18-30(23-27(32)2)50-39-14-7-5-12-35(39)45(3,4)36-13-6-8-15-40(36)50/h5-23H,1-4H3. The van der Waals surface area contributed by atoms with Gasteiger partial charge in [0.05, 0.1) is 22.8 Å². The van der Waals surface area contributed by atoms with Crippen LogP contribution in [0.1, 0.15) is 47.5 Å². The number of fused-ring (bicyclic) bond motifs is 5. The highest BCUT2D eigenvalue weighted by atomic mass is 15.2. The van der Waals surface area contributed by atoms with Crippen molar-refractivity contribution in [2.45, 2.75) is 33.1 Å². The number of aryl methyl sites for hydroxylation is 2. The van der Waals surface area contributed by atoms with E-state index in [0.717, 1.165) is 44.3 Å². The molecule has 0 radical (unpaired) electrons. The van der Waals surface area contributed by atoms with Gasteiger partial charge in [0.15, 0.2) is 11.4 Å². The Morgan fingerprint density at radius 3 is 1.82 bits per heavy atom. The Bertz CT molecular complexity index is 2640. The molecule has 0 amide bonds. The van der Waals surface area contributed by atoms with Crippen LogP contribution in [0.4, 0.5) is 17.1 Å². The minimum atomic E-state index is -0.101. The number of aromatic nitrogens is 2. The maximum Gasteiger partial charge on any atom is 0.177 e. The van der Waals surface area contributed by atoms with E-state index in [9.17, 15) is 10.5 Å². The van der Waals surface area contributed by atoms with E-state index in [-0.39, 0.29) is 16.8 Å². The van der Waals surface area contributed by atoms with Crippen LogP contribution in [0.2, 0.25) is 0 Å². The molecule has 0 saturated carbocycles. The lowest BCUT2D eigenvalue weighted by Crippen LogP contribution is -2.30. The van der Waals surface area contributed by atoms with E-state index in [1.807, 2.05) is 12.1 Å². The van der Waals surface area contributed by atoms with Crippen LogP contribution >= 0.6 is 0 Å². The fourth-order valence-corrected chi connectivity index (χ4v) is 8.19. The number of hydrogen-bond acceptors (Lipinski definition) is 5. The summed E-state index contributed by atoms with van der Waals surface area (Å²) in [5.74, 6) is 0. The van der Waals surface area contributed by atoms with Crippen LogP contribution in [0.3, 0.4) is 0 Å². The van der Waals surface area contributed by atoms with Gasteiger partial charge in [-0.25, -0.2) is 9.97 Å². The van der Waals surface area contributed by atoms with Gasteiger partial charge in [-0.2, -0.15) is 10.5 Å². The van der Waals surface area contributed by atoms with E-state index >= 15 is 0 Å². The first-order chi connectivity index (χ1) is 24.3. The number of hydrogen-bond donors (Lipinski definition) is 0. The molecule has 5 heteroatoms. The molecular formula is C45H31N5. The summed E-state index contributed by atoms with van der Waals surface area (Å²) in [4.78, 5) is 11.7. The lowest BCUT2D eigenvalue weighted by Gasteiger charge is -2.42. The summed E-state index contributed by atoms with van der Waals surface area (Å²) in [5.41, 5.74) is 16.2. The van der Waals surface area contributed by atoms with Gasteiger partial charge in [-0.3, -0.25) is 0 Å². The first-order valence-corrected chi connectivity index (χ1v) is 16.8. The van der Waals surface area contributed by atoms with Crippen molar-refractivity contribution >= 4 is 27.8 Å². The Labute approximate surface area is 291 Å². The monoisotopic (exact) mass is 641 g/mol. The van der Waals surface area contributed by atoms with E-state index in [2.05, 4.69) is 153 Å². The van der Waals surface area contributed by atoms with Crippen molar-refractivity contribution in [3.63, 3.8) is 0 Å². The molecule has 5 nitrogen and oxygen atoms in total. The summed E-state index contributed by atoms with van der Waals surface area (Å²) < 4.78 is 0. The average molecular weight is 642 g/mol. The Morgan fingerprint density at radius 2 is 1.18 bits per heavy atom.